The van der Waals surface area contributed by atoms with E-state index in [1.54, 1.807) is 12.1 Å². The Morgan fingerprint density at radius 2 is 2.00 bits per heavy atom. The number of hydrogen-bond acceptors (Lipinski definition) is 1. The van der Waals surface area contributed by atoms with Gasteiger partial charge < -0.3 is 0 Å². The van der Waals surface area contributed by atoms with Crippen LogP contribution in [0.3, 0.4) is 0 Å². The van der Waals surface area contributed by atoms with E-state index in [1.807, 2.05) is 18.2 Å². The summed E-state index contributed by atoms with van der Waals surface area (Å²) in [4.78, 5) is 3.76. The lowest BCUT2D eigenvalue weighted by molar-refractivity contribution is 0.582. The maximum atomic E-state index is 12.9. The van der Waals surface area contributed by atoms with Crippen molar-refractivity contribution < 1.29 is 4.39 Å². The van der Waals surface area contributed by atoms with Crippen molar-refractivity contribution in [3.63, 3.8) is 0 Å². The number of fused-ring (bicyclic) bond motifs is 1. The first-order chi connectivity index (χ1) is 5.77. The molecule has 3 heteroatoms. The molecule has 0 spiro atoms. The Morgan fingerprint density at radius 3 is 2.83 bits per heavy atom. The lowest BCUT2D eigenvalue weighted by Gasteiger charge is -1.97. The first-order valence-electron chi connectivity index (χ1n) is 3.48. The fraction of sp³-hybridized carbons (Fsp3) is 0. The molecule has 0 saturated heterocycles. The molecule has 12 heavy (non-hydrogen) atoms. The molecule has 0 aliphatic carbocycles. The standard InChI is InChI=1S/C9H5BrFN/c10-7-5-6-3-1-2-4-8(6)12-9(7)11/h1-5H. The summed E-state index contributed by atoms with van der Waals surface area (Å²) in [6, 6.07) is 9.13. The highest BCUT2D eigenvalue weighted by atomic mass is 79.9. The molecule has 0 bridgehead atoms. The summed E-state index contributed by atoms with van der Waals surface area (Å²) >= 11 is 3.08. The van der Waals surface area contributed by atoms with Gasteiger partial charge >= 0.3 is 0 Å². The Bertz CT molecular complexity index is 387. The van der Waals surface area contributed by atoms with Crippen LogP contribution in [-0.4, -0.2) is 4.98 Å². The Labute approximate surface area is 77.4 Å². The quantitative estimate of drug-likeness (QED) is 0.629. The summed E-state index contributed by atoms with van der Waals surface area (Å²) in [5.41, 5.74) is 0.679. The molecule has 0 unspecified atom stereocenters. The number of halogens is 2. The normalized spacial score (nSPS) is 10.5. The van der Waals surface area contributed by atoms with Crippen LogP contribution < -0.4 is 0 Å². The van der Waals surface area contributed by atoms with Gasteiger partial charge in [0.1, 0.15) is 0 Å². The van der Waals surface area contributed by atoms with Crippen molar-refractivity contribution in [1.29, 1.82) is 0 Å². The molecule has 0 aliphatic heterocycles. The van der Waals surface area contributed by atoms with Crippen molar-refractivity contribution in [2.45, 2.75) is 0 Å². The summed E-state index contributed by atoms with van der Waals surface area (Å²) in [6.45, 7) is 0. The summed E-state index contributed by atoms with van der Waals surface area (Å²) in [7, 11) is 0. The van der Waals surface area contributed by atoms with Gasteiger partial charge in [-0.3, -0.25) is 0 Å². The third-order valence-corrected chi connectivity index (χ3v) is 2.19. The second-order valence-corrected chi connectivity index (χ2v) is 3.31. The van der Waals surface area contributed by atoms with E-state index in [9.17, 15) is 4.39 Å². The molecule has 1 aromatic carbocycles. The molecule has 0 radical (unpaired) electrons. The van der Waals surface area contributed by atoms with E-state index < -0.39 is 5.95 Å². The Kier molecular flexibility index (Phi) is 1.81. The number of aromatic nitrogens is 1. The van der Waals surface area contributed by atoms with Gasteiger partial charge in [-0.15, -0.1) is 0 Å². The zero-order valence-electron chi connectivity index (χ0n) is 6.09. The molecule has 0 amide bonds. The minimum absolute atomic E-state index is 0.404. The van der Waals surface area contributed by atoms with E-state index >= 15 is 0 Å². The second kappa shape index (κ2) is 2.83. The van der Waals surface area contributed by atoms with Gasteiger partial charge in [-0.25, -0.2) is 4.98 Å². The van der Waals surface area contributed by atoms with E-state index in [0.29, 0.717) is 9.99 Å². The van der Waals surface area contributed by atoms with Crippen LogP contribution in [0.25, 0.3) is 10.9 Å². The first kappa shape index (κ1) is 7.68. The molecule has 0 N–H and O–H groups in total. The van der Waals surface area contributed by atoms with E-state index in [4.69, 9.17) is 0 Å². The van der Waals surface area contributed by atoms with Gasteiger partial charge in [0.15, 0.2) is 0 Å². The van der Waals surface area contributed by atoms with Crippen LogP contribution in [0.15, 0.2) is 34.8 Å². The largest absolute Gasteiger partial charge is 0.227 e. The summed E-state index contributed by atoms with van der Waals surface area (Å²) in [6.07, 6.45) is 0. The van der Waals surface area contributed by atoms with Crippen molar-refractivity contribution in [1.82, 2.24) is 4.98 Å². The molecule has 60 valence electrons. The van der Waals surface area contributed by atoms with Crippen LogP contribution in [0, 0.1) is 5.95 Å². The van der Waals surface area contributed by atoms with Crippen molar-refractivity contribution >= 4 is 26.8 Å². The number of benzene rings is 1. The molecule has 0 saturated carbocycles. The van der Waals surface area contributed by atoms with E-state index in [0.717, 1.165) is 5.39 Å². The van der Waals surface area contributed by atoms with Crippen LogP contribution in [0.5, 0.6) is 0 Å². The van der Waals surface area contributed by atoms with Gasteiger partial charge in [0.2, 0.25) is 5.95 Å². The molecule has 2 aromatic rings. The van der Waals surface area contributed by atoms with Gasteiger partial charge in [-0.1, -0.05) is 18.2 Å². The zero-order chi connectivity index (χ0) is 8.55. The first-order valence-corrected chi connectivity index (χ1v) is 4.27. The van der Waals surface area contributed by atoms with Crippen molar-refractivity contribution in [2.24, 2.45) is 0 Å². The molecule has 1 aromatic heterocycles. The number of pyridine rings is 1. The van der Waals surface area contributed by atoms with Crippen LogP contribution >= 0.6 is 15.9 Å². The van der Waals surface area contributed by atoms with Gasteiger partial charge in [0.05, 0.1) is 9.99 Å². The maximum Gasteiger partial charge on any atom is 0.227 e. The third kappa shape index (κ3) is 1.20. The monoisotopic (exact) mass is 225 g/mol. The fourth-order valence-corrected chi connectivity index (χ4v) is 1.40. The predicted octanol–water partition coefficient (Wildman–Crippen LogP) is 3.14. The van der Waals surface area contributed by atoms with Gasteiger partial charge in [-0.2, -0.15) is 4.39 Å². The molecule has 0 aliphatic rings. The highest BCUT2D eigenvalue weighted by molar-refractivity contribution is 9.10. The smallest absolute Gasteiger partial charge is 0.219 e. The predicted molar refractivity (Wildman–Crippen MR) is 49.4 cm³/mol. The van der Waals surface area contributed by atoms with Gasteiger partial charge in [0.25, 0.3) is 0 Å². The molecule has 1 nitrogen and oxygen atoms in total. The van der Waals surface area contributed by atoms with Crippen molar-refractivity contribution in [2.75, 3.05) is 0 Å². The van der Waals surface area contributed by atoms with Crippen LogP contribution in [0.4, 0.5) is 4.39 Å². The lowest BCUT2D eigenvalue weighted by Crippen LogP contribution is -1.85. The zero-order valence-corrected chi connectivity index (χ0v) is 7.68. The van der Waals surface area contributed by atoms with E-state index in [-0.39, 0.29) is 0 Å². The van der Waals surface area contributed by atoms with Crippen molar-refractivity contribution in [3.05, 3.63) is 40.8 Å². The molecule has 1 heterocycles. The van der Waals surface area contributed by atoms with Crippen LogP contribution in [0.2, 0.25) is 0 Å². The molecular formula is C9H5BrFN. The molecule has 0 atom stereocenters. The highest BCUT2D eigenvalue weighted by Crippen LogP contribution is 2.19. The second-order valence-electron chi connectivity index (χ2n) is 2.45. The SMILES string of the molecule is Fc1nc2ccccc2cc1Br. The average Bonchev–Trinajstić information content (AvgIpc) is 2.07. The lowest BCUT2D eigenvalue weighted by atomic mass is 10.2. The van der Waals surface area contributed by atoms with Crippen LogP contribution in [-0.2, 0) is 0 Å². The summed E-state index contributed by atoms with van der Waals surface area (Å²) < 4.78 is 13.3. The minimum Gasteiger partial charge on any atom is -0.219 e. The summed E-state index contributed by atoms with van der Waals surface area (Å²) in [5, 5.41) is 0.936. The third-order valence-electron chi connectivity index (χ3n) is 1.63. The average molecular weight is 226 g/mol. The summed E-state index contributed by atoms with van der Waals surface area (Å²) in [5.74, 6) is -0.464. The number of rotatable bonds is 0. The van der Waals surface area contributed by atoms with Gasteiger partial charge in [0, 0.05) is 5.39 Å². The van der Waals surface area contributed by atoms with Gasteiger partial charge in [-0.05, 0) is 28.1 Å². The topological polar surface area (TPSA) is 12.9 Å². The molecule has 0 fully saturated rings. The number of para-hydroxylation sites is 1. The Morgan fingerprint density at radius 1 is 1.25 bits per heavy atom. The van der Waals surface area contributed by atoms with E-state index in [2.05, 4.69) is 20.9 Å². The van der Waals surface area contributed by atoms with Crippen LogP contribution in [0.1, 0.15) is 0 Å². The minimum atomic E-state index is -0.464. The van der Waals surface area contributed by atoms with Crippen molar-refractivity contribution in [3.8, 4) is 0 Å². The molecular weight excluding hydrogens is 221 g/mol. The molecule has 2 rings (SSSR count). The Balaban J connectivity index is 2.84. The Hall–Kier alpha value is -0.960. The number of hydrogen-bond donors (Lipinski definition) is 0. The van der Waals surface area contributed by atoms with E-state index in [1.165, 1.54) is 0 Å². The highest BCUT2D eigenvalue weighted by Gasteiger charge is 2.01. The maximum absolute atomic E-state index is 12.9. The number of nitrogens with zero attached hydrogens (tertiary/aromatic N) is 1. The fourth-order valence-electron chi connectivity index (χ4n) is 1.07.